The molecule has 0 radical (unpaired) electrons. The molecule has 0 spiro atoms. The van der Waals surface area contributed by atoms with Crippen LogP contribution in [-0.4, -0.2) is 85.1 Å². The molecule has 0 aliphatic rings. The van der Waals surface area contributed by atoms with Crippen molar-refractivity contribution in [1.82, 2.24) is 0 Å². The first-order valence-electron chi connectivity index (χ1n) is 7.85. The second-order valence-corrected chi connectivity index (χ2v) is 13.7. The fraction of sp³-hybridized carbons (Fsp3) is 0.929. The Balaban J connectivity index is 3.07. The van der Waals surface area contributed by atoms with Crippen molar-refractivity contribution in [2.75, 3.05) is 74.0 Å². The van der Waals surface area contributed by atoms with Gasteiger partial charge >= 0.3 is 5.97 Å². The lowest BCUT2D eigenvalue weighted by molar-refractivity contribution is -0.274. The van der Waals surface area contributed by atoms with Gasteiger partial charge in [-0.2, -0.15) is 11.8 Å². The molecular weight excluding hydrogens is 505 g/mol. The van der Waals surface area contributed by atoms with Crippen LogP contribution in [0.1, 0.15) is 0 Å². The van der Waals surface area contributed by atoms with E-state index in [0.717, 1.165) is 37.6 Å². The van der Waals surface area contributed by atoms with Gasteiger partial charge in [0, 0.05) is 37.6 Å². The SMILES string of the molecule is CSCSCOC(=O)CSCSCSCSCCOOCSCCSCO. The van der Waals surface area contributed by atoms with Gasteiger partial charge in [-0.1, -0.05) is 0 Å². The highest BCUT2D eigenvalue weighted by atomic mass is 32.2. The number of rotatable bonds is 22. The van der Waals surface area contributed by atoms with Gasteiger partial charge in [0.2, 0.25) is 0 Å². The molecule has 1 N–H and O–H groups in total. The lowest BCUT2D eigenvalue weighted by Crippen LogP contribution is -2.07. The summed E-state index contributed by atoms with van der Waals surface area (Å²) in [6, 6.07) is 0. The minimum Gasteiger partial charge on any atom is -0.454 e. The monoisotopic (exact) mass is 532 g/mol. The predicted molar refractivity (Wildman–Crippen MR) is 136 cm³/mol. The van der Waals surface area contributed by atoms with Gasteiger partial charge in [0.1, 0.15) is 11.9 Å². The molecule has 0 aliphatic carbocycles. The zero-order valence-corrected chi connectivity index (χ0v) is 21.9. The summed E-state index contributed by atoms with van der Waals surface area (Å²) < 4.78 is 5.11. The van der Waals surface area contributed by atoms with E-state index in [9.17, 15) is 4.79 Å². The molecule has 0 aromatic carbocycles. The van der Waals surface area contributed by atoms with Crippen LogP contribution in [0.2, 0.25) is 0 Å². The van der Waals surface area contributed by atoms with Gasteiger partial charge in [-0.3, -0.25) is 4.79 Å². The topological polar surface area (TPSA) is 65.0 Å². The van der Waals surface area contributed by atoms with Crippen LogP contribution in [0, 0.1) is 0 Å². The highest BCUT2D eigenvalue weighted by Gasteiger charge is 2.03. The average Bonchev–Trinajstić information content (AvgIpc) is 2.67. The van der Waals surface area contributed by atoms with Crippen LogP contribution in [0.5, 0.6) is 0 Å². The molecule has 0 aliphatic heterocycles. The van der Waals surface area contributed by atoms with Crippen LogP contribution in [0.3, 0.4) is 0 Å². The summed E-state index contributed by atoms with van der Waals surface area (Å²) in [5, 5.41) is 12.5. The van der Waals surface area contributed by atoms with Gasteiger partial charge in [-0.05, 0) is 6.26 Å². The largest absolute Gasteiger partial charge is 0.454 e. The highest BCUT2D eigenvalue weighted by Crippen LogP contribution is 2.21. The minimum atomic E-state index is -0.123. The van der Waals surface area contributed by atoms with Crippen LogP contribution in [0.4, 0.5) is 0 Å². The molecule has 0 saturated carbocycles. The van der Waals surface area contributed by atoms with Crippen molar-refractivity contribution < 1.29 is 24.4 Å². The molecule has 0 atom stereocenters. The fourth-order valence-electron chi connectivity index (χ4n) is 1.16. The molecule has 5 nitrogen and oxygen atoms in total. The maximum Gasteiger partial charge on any atom is 0.316 e. The van der Waals surface area contributed by atoms with Crippen LogP contribution in [-0.2, 0) is 19.3 Å². The Bertz CT molecular complexity index is 317. The van der Waals surface area contributed by atoms with Crippen LogP contribution < -0.4 is 0 Å². The van der Waals surface area contributed by atoms with Gasteiger partial charge < -0.3 is 9.84 Å². The second kappa shape index (κ2) is 26.2. The molecule has 0 amide bonds. The molecule has 0 fully saturated rings. The number of hydrogen-bond acceptors (Lipinski definition) is 13. The first kappa shape index (κ1) is 29.1. The predicted octanol–water partition coefficient (Wildman–Crippen LogP) is 4.67. The fourth-order valence-corrected chi connectivity index (χ4v) is 8.06. The smallest absolute Gasteiger partial charge is 0.316 e. The van der Waals surface area contributed by atoms with E-state index in [4.69, 9.17) is 19.6 Å². The molecule has 0 aromatic rings. The lowest BCUT2D eigenvalue weighted by atomic mass is 10.8. The van der Waals surface area contributed by atoms with Gasteiger partial charge in [0.15, 0.2) is 0 Å². The van der Waals surface area contributed by atoms with E-state index in [1.165, 1.54) is 11.8 Å². The highest BCUT2D eigenvalue weighted by molar-refractivity contribution is 8.26. The molecule has 0 unspecified atom stereocenters. The van der Waals surface area contributed by atoms with E-state index < -0.39 is 0 Å². The van der Waals surface area contributed by atoms with Crippen molar-refractivity contribution in [3.05, 3.63) is 0 Å². The van der Waals surface area contributed by atoms with E-state index in [2.05, 4.69) is 0 Å². The van der Waals surface area contributed by atoms with E-state index in [-0.39, 0.29) is 11.9 Å². The van der Waals surface area contributed by atoms with Crippen LogP contribution >= 0.6 is 94.1 Å². The molecule has 0 bridgehead atoms. The van der Waals surface area contributed by atoms with E-state index >= 15 is 0 Å². The van der Waals surface area contributed by atoms with Crippen molar-refractivity contribution in [2.45, 2.75) is 0 Å². The zero-order chi connectivity index (χ0) is 19.8. The normalized spacial score (nSPS) is 11.0. The van der Waals surface area contributed by atoms with Crippen molar-refractivity contribution in [2.24, 2.45) is 0 Å². The maximum absolute atomic E-state index is 11.5. The summed E-state index contributed by atoms with van der Waals surface area (Å²) in [4.78, 5) is 21.6. The van der Waals surface area contributed by atoms with Crippen molar-refractivity contribution in [1.29, 1.82) is 0 Å². The Kier molecular flexibility index (Phi) is 28.3. The number of hydrogen-bond donors (Lipinski definition) is 1. The van der Waals surface area contributed by atoms with Gasteiger partial charge in [-0.25, -0.2) is 9.78 Å². The van der Waals surface area contributed by atoms with Crippen LogP contribution in [0.15, 0.2) is 0 Å². The van der Waals surface area contributed by atoms with Gasteiger partial charge in [-0.15, -0.1) is 82.3 Å². The third-order valence-electron chi connectivity index (χ3n) is 2.21. The summed E-state index contributed by atoms with van der Waals surface area (Å²) in [6.07, 6.45) is 2.03. The molecule has 162 valence electrons. The Morgan fingerprint density at radius 2 is 1.52 bits per heavy atom. The Morgan fingerprint density at radius 3 is 2.30 bits per heavy atom. The Hall–Kier alpha value is 2.15. The third kappa shape index (κ3) is 26.1. The molecule has 0 aromatic heterocycles. The Labute approximate surface area is 197 Å². The zero-order valence-electron chi connectivity index (χ0n) is 15.3. The maximum atomic E-state index is 11.5. The molecular formula is C14H28O5S8. The number of carbonyl (C=O) groups is 1. The summed E-state index contributed by atoms with van der Waals surface area (Å²) in [7, 11) is 0. The molecule has 0 saturated heterocycles. The molecule has 13 heteroatoms. The standard InChI is InChI=1S/C14H28O5S8/c1-20-10-25-8-17-14(16)6-24-12-27-13-26-11-23-3-2-18-19-9-22-5-4-21-7-15/h15H,2-13H2,1H3. The second-order valence-electron chi connectivity index (χ2n) is 4.27. The Morgan fingerprint density at radius 1 is 0.778 bits per heavy atom. The first-order chi connectivity index (χ1) is 13.3. The van der Waals surface area contributed by atoms with E-state index in [1.807, 2.05) is 41.5 Å². The minimum absolute atomic E-state index is 0.123. The molecule has 0 rings (SSSR count). The number of ether oxygens (including phenoxy) is 1. The number of carbonyl (C=O) groups excluding carboxylic acids is 1. The summed E-state index contributed by atoms with van der Waals surface area (Å²) in [6.45, 7) is 0.595. The lowest BCUT2D eigenvalue weighted by Gasteiger charge is -2.05. The number of thioether (sulfide) groups is 8. The molecule has 27 heavy (non-hydrogen) atoms. The van der Waals surface area contributed by atoms with Crippen molar-refractivity contribution in [3.8, 4) is 0 Å². The van der Waals surface area contributed by atoms with Gasteiger partial charge in [0.25, 0.3) is 0 Å². The quantitative estimate of drug-likeness (QED) is 0.0691. The summed E-state index contributed by atoms with van der Waals surface area (Å²) in [5.74, 6) is 4.27. The number of aliphatic hydroxyl groups is 1. The number of aliphatic hydroxyl groups excluding tert-OH is 1. The van der Waals surface area contributed by atoms with Crippen molar-refractivity contribution >= 4 is 100 Å². The average molecular weight is 533 g/mol. The summed E-state index contributed by atoms with van der Waals surface area (Å²) >= 11 is 13.7. The van der Waals surface area contributed by atoms with Gasteiger partial charge in [0.05, 0.1) is 18.3 Å². The van der Waals surface area contributed by atoms with E-state index in [0.29, 0.717) is 24.2 Å². The third-order valence-corrected chi connectivity index (χ3v) is 10.7. The van der Waals surface area contributed by atoms with Crippen LogP contribution in [0.25, 0.3) is 0 Å². The molecule has 0 heterocycles. The van der Waals surface area contributed by atoms with Crippen molar-refractivity contribution in [3.63, 3.8) is 0 Å². The van der Waals surface area contributed by atoms with E-state index in [1.54, 1.807) is 47.0 Å². The number of esters is 1. The summed E-state index contributed by atoms with van der Waals surface area (Å²) in [5.41, 5.74) is 0. The first-order valence-corrected chi connectivity index (χ1v) is 17.3.